The summed E-state index contributed by atoms with van der Waals surface area (Å²) in [5.41, 5.74) is 1.38. The third kappa shape index (κ3) is 6.32. The third-order valence-electron chi connectivity index (χ3n) is 4.35. The smallest absolute Gasteiger partial charge is 0.242 e. The van der Waals surface area contributed by atoms with Gasteiger partial charge in [0.2, 0.25) is 11.8 Å². The monoisotopic (exact) mass is 445 g/mol. The summed E-state index contributed by atoms with van der Waals surface area (Å²) >= 11 is 7.29. The first-order valence-electron chi connectivity index (χ1n) is 9.81. The molecule has 6 nitrogen and oxygen atoms in total. The Morgan fingerprint density at radius 1 is 1.23 bits per heavy atom. The van der Waals surface area contributed by atoms with Gasteiger partial charge in [-0.15, -0.1) is 0 Å². The van der Waals surface area contributed by atoms with E-state index in [1.54, 1.807) is 29.2 Å². The summed E-state index contributed by atoms with van der Waals surface area (Å²) in [6, 6.07) is 16.4. The van der Waals surface area contributed by atoms with E-state index < -0.39 is 5.25 Å². The average Bonchev–Trinajstić information content (AvgIpc) is 3.00. The van der Waals surface area contributed by atoms with Crippen molar-refractivity contribution in [2.75, 3.05) is 25.1 Å². The van der Waals surface area contributed by atoms with Crippen LogP contribution in [0.2, 0.25) is 5.02 Å². The zero-order valence-electron chi connectivity index (χ0n) is 16.7. The number of ether oxygens (including phenoxy) is 1. The van der Waals surface area contributed by atoms with Gasteiger partial charge in [0.25, 0.3) is 0 Å². The lowest BCUT2D eigenvalue weighted by atomic mass is 10.2. The summed E-state index contributed by atoms with van der Waals surface area (Å²) in [7, 11) is 0. The average molecular weight is 446 g/mol. The molecule has 1 heterocycles. The van der Waals surface area contributed by atoms with Gasteiger partial charge in [0.05, 0.1) is 5.69 Å². The Balaban J connectivity index is 1.69. The summed E-state index contributed by atoms with van der Waals surface area (Å²) in [5, 5.41) is 3.44. The Bertz CT molecular complexity index is 908. The van der Waals surface area contributed by atoms with Gasteiger partial charge in [0, 0.05) is 36.9 Å². The van der Waals surface area contributed by atoms with Crippen LogP contribution in [0.4, 0.5) is 11.4 Å². The minimum absolute atomic E-state index is 0.0613. The van der Waals surface area contributed by atoms with E-state index >= 15 is 0 Å². The maximum atomic E-state index is 13.0. The SMILES string of the molecule is CCOCCCN1C(=O)C(CC(=O)Nc2cccc(Cl)c2)SC1=Nc1ccccc1. The highest BCUT2D eigenvalue weighted by molar-refractivity contribution is 8.15. The molecule has 0 saturated carbocycles. The van der Waals surface area contributed by atoms with E-state index in [0.29, 0.717) is 42.1 Å². The largest absolute Gasteiger partial charge is 0.382 e. The van der Waals surface area contributed by atoms with Crippen molar-refractivity contribution in [3.8, 4) is 0 Å². The van der Waals surface area contributed by atoms with Crippen molar-refractivity contribution in [3.05, 3.63) is 59.6 Å². The molecule has 0 bridgehead atoms. The molecule has 1 saturated heterocycles. The third-order valence-corrected chi connectivity index (χ3v) is 5.77. The summed E-state index contributed by atoms with van der Waals surface area (Å²) in [6.45, 7) is 3.65. The van der Waals surface area contributed by atoms with E-state index in [1.807, 2.05) is 37.3 Å². The minimum Gasteiger partial charge on any atom is -0.382 e. The lowest BCUT2D eigenvalue weighted by Gasteiger charge is -2.16. The number of hydrogen-bond acceptors (Lipinski definition) is 5. The number of nitrogens with zero attached hydrogens (tertiary/aromatic N) is 2. The molecule has 2 amide bonds. The lowest BCUT2D eigenvalue weighted by molar-refractivity contribution is -0.128. The molecule has 1 atom stereocenters. The van der Waals surface area contributed by atoms with Gasteiger partial charge < -0.3 is 10.1 Å². The van der Waals surface area contributed by atoms with Crippen LogP contribution in [0.25, 0.3) is 0 Å². The number of thioether (sulfide) groups is 1. The molecule has 1 N–H and O–H groups in total. The summed E-state index contributed by atoms with van der Waals surface area (Å²) in [6.07, 6.45) is 0.765. The summed E-state index contributed by atoms with van der Waals surface area (Å²) in [4.78, 5) is 31.8. The number of benzene rings is 2. The van der Waals surface area contributed by atoms with Gasteiger partial charge >= 0.3 is 0 Å². The zero-order valence-corrected chi connectivity index (χ0v) is 18.3. The highest BCUT2D eigenvalue weighted by atomic mass is 35.5. The second-order valence-electron chi connectivity index (χ2n) is 6.64. The zero-order chi connectivity index (χ0) is 21.3. The summed E-state index contributed by atoms with van der Waals surface area (Å²) in [5.74, 6) is -0.342. The van der Waals surface area contributed by atoms with Crippen molar-refractivity contribution in [2.45, 2.75) is 25.0 Å². The Kier molecular flexibility index (Phi) is 8.30. The molecular weight excluding hydrogens is 422 g/mol. The van der Waals surface area contributed by atoms with Crippen LogP contribution >= 0.6 is 23.4 Å². The molecule has 0 aromatic heterocycles. The quantitative estimate of drug-likeness (QED) is 0.566. The number of halogens is 1. The highest BCUT2D eigenvalue weighted by Crippen LogP contribution is 2.32. The first-order valence-corrected chi connectivity index (χ1v) is 11.1. The van der Waals surface area contributed by atoms with Crippen LogP contribution in [-0.2, 0) is 14.3 Å². The minimum atomic E-state index is -0.515. The normalized spacial score (nSPS) is 17.5. The van der Waals surface area contributed by atoms with Crippen molar-refractivity contribution >= 4 is 51.7 Å². The molecule has 1 aliphatic rings. The summed E-state index contributed by atoms with van der Waals surface area (Å²) < 4.78 is 5.39. The van der Waals surface area contributed by atoms with Gasteiger partial charge in [-0.05, 0) is 43.7 Å². The van der Waals surface area contributed by atoms with E-state index in [-0.39, 0.29) is 18.2 Å². The molecule has 0 aliphatic carbocycles. The maximum absolute atomic E-state index is 13.0. The van der Waals surface area contributed by atoms with E-state index in [4.69, 9.17) is 16.3 Å². The Morgan fingerprint density at radius 2 is 2.03 bits per heavy atom. The first-order chi connectivity index (χ1) is 14.6. The van der Waals surface area contributed by atoms with E-state index in [2.05, 4.69) is 10.3 Å². The Labute approximate surface area is 185 Å². The van der Waals surface area contributed by atoms with Crippen LogP contribution in [0.1, 0.15) is 19.8 Å². The van der Waals surface area contributed by atoms with Crippen LogP contribution < -0.4 is 5.32 Å². The molecule has 1 unspecified atom stereocenters. The predicted molar refractivity (Wildman–Crippen MR) is 122 cm³/mol. The number of amidine groups is 1. The van der Waals surface area contributed by atoms with Crippen molar-refractivity contribution in [1.82, 2.24) is 4.90 Å². The second-order valence-corrected chi connectivity index (χ2v) is 8.25. The fourth-order valence-corrected chi connectivity index (χ4v) is 4.33. The van der Waals surface area contributed by atoms with Gasteiger partial charge in [0.15, 0.2) is 5.17 Å². The van der Waals surface area contributed by atoms with Crippen molar-refractivity contribution < 1.29 is 14.3 Å². The van der Waals surface area contributed by atoms with Gasteiger partial charge in [-0.1, -0.05) is 47.6 Å². The van der Waals surface area contributed by atoms with Gasteiger partial charge in [-0.2, -0.15) is 0 Å². The van der Waals surface area contributed by atoms with Crippen LogP contribution in [0.15, 0.2) is 59.6 Å². The van der Waals surface area contributed by atoms with Crippen LogP contribution in [-0.4, -0.2) is 46.9 Å². The second kappa shape index (κ2) is 11.2. The molecule has 8 heteroatoms. The molecule has 158 valence electrons. The Morgan fingerprint density at radius 3 is 2.77 bits per heavy atom. The molecule has 30 heavy (non-hydrogen) atoms. The van der Waals surface area contributed by atoms with Crippen molar-refractivity contribution in [2.24, 2.45) is 4.99 Å². The number of nitrogens with one attached hydrogen (secondary N) is 1. The Hall–Kier alpha value is -2.35. The van der Waals surface area contributed by atoms with Crippen molar-refractivity contribution in [1.29, 1.82) is 0 Å². The van der Waals surface area contributed by atoms with Gasteiger partial charge in [-0.25, -0.2) is 4.99 Å². The van der Waals surface area contributed by atoms with Crippen LogP contribution in [0.3, 0.4) is 0 Å². The van der Waals surface area contributed by atoms with Crippen LogP contribution in [0, 0.1) is 0 Å². The fourth-order valence-electron chi connectivity index (χ4n) is 2.96. The number of aliphatic imine (C=N–C) groups is 1. The van der Waals surface area contributed by atoms with Gasteiger partial charge in [-0.3, -0.25) is 14.5 Å². The predicted octanol–water partition coefficient (Wildman–Crippen LogP) is 4.73. The number of hydrogen-bond donors (Lipinski definition) is 1. The van der Waals surface area contributed by atoms with E-state index in [9.17, 15) is 9.59 Å². The topological polar surface area (TPSA) is 71.0 Å². The fraction of sp³-hybridized carbons (Fsp3) is 0.318. The molecule has 0 spiro atoms. The highest BCUT2D eigenvalue weighted by Gasteiger charge is 2.38. The molecule has 0 radical (unpaired) electrons. The van der Waals surface area contributed by atoms with E-state index in [1.165, 1.54) is 11.8 Å². The number of rotatable bonds is 9. The number of anilines is 1. The number of para-hydroxylation sites is 1. The lowest BCUT2D eigenvalue weighted by Crippen LogP contribution is -2.34. The molecule has 2 aromatic rings. The number of carbonyl (C=O) groups is 2. The van der Waals surface area contributed by atoms with Gasteiger partial charge in [0.1, 0.15) is 5.25 Å². The number of amides is 2. The molecule has 1 aliphatic heterocycles. The first kappa shape index (κ1) is 22.3. The molecule has 1 fully saturated rings. The number of carbonyl (C=O) groups excluding carboxylic acids is 2. The van der Waals surface area contributed by atoms with Crippen LogP contribution in [0.5, 0.6) is 0 Å². The van der Waals surface area contributed by atoms with Crippen molar-refractivity contribution in [3.63, 3.8) is 0 Å². The molecule has 3 rings (SSSR count). The van der Waals surface area contributed by atoms with E-state index in [0.717, 1.165) is 5.69 Å². The maximum Gasteiger partial charge on any atom is 0.242 e. The standard InChI is InChI=1S/C22H24ClN3O3S/c1-2-29-13-7-12-26-21(28)19(30-22(26)25-17-9-4-3-5-10-17)15-20(27)24-18-11-6-8-16(23)14-18/h3-6,8-11,14,19H,2,7,12-13,15H2,1H3,(H,24,27). The molecule has 2 aromatic carbocycles. The molecular formula is C22H24ClN3O3S.